The molecule has 8 nitrogen and oxygen atoms in total. The summed E-state index contributed by atoms with van der Waals surface area (Å²) < 4.78 is 101. The highest BCUT2D eigenvalue weighted by Crippen LogP contribution is 2.33. The number of nitrogens with one attached hydrogen (secondary N) is 1. The molecule has 4 rings (SSSR count). The molecule has 3 aromatic heterocycles. The molecule has 0 spiro atoms. The van der Waals surface area contributed by atoms with Crippen molar-refractivity contribution >= 4 is 10.8 Å². The molecule has 0 radical (unpaired) electrons. The standard InChI is InChI=1S/C24H18F7N5O3/c1-11(39-15-10-34-35-22(37)17(15)24(29,30)31)3-2-5-36-6-4-12-7-14(18(25)19(26)16(12)23(36)38)21-32-8-13(9-33-21)20(27)28/h4,6-11,20H,2-3,5H2,1H3,(H,35,37). The number of aromatic nitrogens is 5. The maximum Gasteiger partial charge on any atom is 0.425 e. The van der Waals surface area contributed by atoms with Gasteiger partial charge in [-0.1, -0.05) is 0 Å². The Balaban J connectivity index is 1.51. The van der Waals surface area contributed by atoms with Crippen LogP contribution in [-0.2, 0) is 12.7 Å². The smallest absolute Gasteiger partial charge is 0.425 e. The number of rotatable bonds is 8. The van der Waals surface area contributed by atoms with Crippen LogP contribution in [0.1, 0.15) is 37.3 Å². The van der Waals surface area contributed by atoms with Gasteiger partial charge in [-0.15, -0.1) is 0 Å². The number of benzene rings is 1. The minimum Gasteiger partial charge on any atom is -0.488 e. The highest BCUT2D eigenvalue weighted by molar-refractivity contribution is 5.86. The van der Waals surface area contributed by atoms with Crippen molar-refractivity contribution in [2.45, 2.75) is 45.0 Å². The van der Waals surface area contributed by atoms with E-state index < -0.39 is 69.3 Å². The van der Waals surface area contributed by atoms with Gasteiger partial charge in [0.1, 0.15) is 0 Å². The number of H-pyrrole nitrogens is 1. The van der Waals surface area contributed by atoms with Gasteiger partial charge in [-0.05, 0) is 37.3 Å². The first-order valence-corrected chi connectivity index (χ1v) is 11.3. The Morgan fingerprint density at radius 2 is 1.77 bits per heavy atom. The van der Waals surface area contributed by atoms with E-state index in [1.807, 2.05) is 0 Å². The summed E-state index contributed by atoms with van der Waals surface area (Å²) >= 11 is 0. The fourth-order valence-corrected chi connectivity index (χ4v) is 3.87. The van der Waals surface area contributed by atoms with Gasteiger partial charge in [-0.3, -0.25) is 9.59 Å². The van der Waals surface area contributed by atoms with Crippen LogP contribution in [0.2, 0.25) is 0 Å². The number of fused-ring (bicyclic) bond motifs is 1. The molecule has 15 heteroatoms. The predicted molar refractivity (Wildman–Crippen MR) is 123 cm³/mol. The predicted octanol–water partition coefficient (Wildman–Crippen LogP) is 5.02. The van der Waals surface area contributed by atoms with Gasteiger partial charge in [0.2, 0.25) is 0 Å². The lowest BCUT2D eigenvalue weighted by atomic mass is 10.1. The van der Waals surface area contributed by atoms with Crippen molar-refractivity contribution in [3.63, 3.8) is 0 Å². The monoisotopic (exact) mass is 557 g/mol. The summed E-state index contributed by atoms with van der Waals surface area (Å²) in [7, 11) is 0. The molecule has 1 unspecified atom stereocenters. The second-order valence-corrected chi connectivity index (χ2v) is 8.48. The fourth-order valence-electron chi connectivity index (χ4n) is 3.87. The average molecular weight is 557 g/mol. The molecule has 206 valence electrons. The van der Waals surface area contributed by atoms with E-state index in [1.54, 1.807) is 5.10 Å². The summed E-state index contributed by atoms with van der Waals surface area (Å²) in [6.07, 6.45) is -4.68. The van der Waals surface area contributed by atoms with Crippen LogP contribution >= 0.6 is 0 Å². The summed E-state index contributed by atoms with van der Waals surface area (Å²) in [5, 5.41) is 4.48. The lowest BCUT2D eigenvalue weighted by molar-refractivity contribution is -0.140. The molecular weight excluding hydrogens is 539 g/mol. The Kier molecular flexibility index (Phi) is 7.70. The zero-order chi connectivity index (χ0) is 28.5. The van der Waals surface area contributed by atoms with E-state index in [9.17, 15) is 40.3 Å². The molecular formula is C24H18F7N5O3. The summed E-state index contributed by atoms with van der Waals surface area (Å²) in [5.41, 5.74) is -4.77. The van der Waals surface area contributed by atoms with Crippen LogP contribution in [0.3, 0.4) is 0 Å². The topological polar surface area (TPSA) is 103 Å². The van der Waals surface area contributed by atoms with Crippen LogP contribution < -0.4 is 15.9 Å². The average Bonchev–Trinajstić information content (AvgIpc) is 2.86. The largest absolute Gasteiger partial charge is 0.488 e. The summed E-state index contributed by atoms with van der Waals surface area (Å²) in [5.74, 6) is -4.00. The zero-order valence-corrected chi connectivity index (χ0v) is 19.9. The number of halogens is 7. The van der Waals surface area contributed by atoms with Gasteiger partial charge in [0.05, 0.1) is 28.8 Å². The van der Waals surface area contributed by atoms with Gasteiger partial charge in [-0.2, -0.15) is 18.3 Å². The van der Waals surface area contributed by atoms with Crippen molar-refractivity contribution in [2.24, 2.45) is 0 Å². The quantitative estimate of drug-likeness (QED) is 0.305. The SMILES string of the molecule is CC(CCCn1ccc2cc(-c3ncc(C(F)F)cn3)c(F)c(F)c2c1=O)Oc1cn[nH]c(=O)c1C(F)(F)F. The number of alkyl halides is 5. The lowest BCUT2D eigenvalue weighted by Crippen LogP contribution is -2.26. The summed E-state index contributed by atoms with van der Waals surface area (Å²) in [4.78, 5) is 31.7. The van der Waals surface area contributed by atoms with Crippen LogP contribution in [-0.4, -0.2) is 30.8 Å². The first-order valence-electron chi connectivity index (χ1n) is 11.3. The van der Waals surface area contributed by atoms with E-state index in [-0.39, 0.29) is 30.6 Å². The van der Waals surface area contributed by atoms with Crippen molar-refractivity contribution in [1.82, 2.24) is 24.7 Å². The van der Waals surface area contributed by atoms with Crippen molar-refractivity contribution in [1.29, 1.82) is 0 Å². The molecule has 39 heavy (non-hydrogen) atoms. The van der Waals surface area contributed by atoms with Crippen molar-refractivity contribution in [3.05, 3.63) is 80.4 Å². The Bertz CT molecular complexity index is 1620. The number of pyridine rings is 1. The van der Waals surface area contributed by atoms with Crippen LogP contribution in [0, 0.1) is 11.6 Å². The molecule has 1 atom stereocenters. The van der Waals surface area contributed by atoms with Crippen LogP contribution in [0.15, 0.2) is 46.5 Å². The van der Waals surface area contributed by atoms with E-state index in [2.05, 4.69) is 15.1 Å². The first-order chi connectivity index (χ1) is 18.4. The molecule has 0 amide bonds. The molecule has 0 saturated carbocycles. The molecule has 1 aromatic carbocycles. The maximum absolute atomic E-state index is 14.9. The molecule has 0 aliphatic carbocycles. The Morgan fingerprint density at radius 1 is 1.08 bits per heavy atom. The minimum absolute atomic E-state index is 0.0107. The van der Waals surface area contributed by atoms with Gasteiger partial charge in [0.15, 0.2) is 28.8 Å². The number of ether oxygens (including phenoxy) is 1. The van der Waals surface area contributed by atoms with Crippen LogP contribution in [0.5, 0.6) is 5.75 Å². The Morgan fingerprint density at radius 3 is 2.41 bits per heavy atom. The number of aryl methyl sites for hydroxylation is 1. The molecule has 0 bridgehead atoms. The number of nitrogens with zero attached hydrogens (tertiary/aromatic N) is 4. The first kappa shape index (κ1) is 27.7. The van der Waals surface area contributed by atoms with Gasteiger partial charge < -0.3 is 9.30 Å². The third-order valence-corrected chi connectivity index (χ3v) is 5.75. The van der Waals surface area contributed by atoms with Crippen molar-refractivity contribution < 1.29 is 35.5 Å². The van der Waals surface area contributed by atoms with Crippen molar-refractivity contribution in [3.8, 4) is 17.1 Å². The second kappa shape index (κ2) is 10.8. The van der Waals surface area contributed by atoms with Crippen LogP contribution in [0.4, 0.5) is 30.7 Å². The third-order valence-electron chi connectivity index (χ3n) is 5.75. The highest BCUT2D eigenvalue weighted by atomic mass is 19.4. The number of aromatic amines is 1. The van der Waals surface area contributed by atoms with E-state index >= 15 is 0 Å². The molecule has 0 aliphatic rings. The third kappa shape index (κ3) is 5.76. The number of hydrogen-bond donors (Lipinski definition) is 1. The van der Waals surface area contributed by atoms with E-state index in [1.165, 1.54) is 19.2 Å². The van der Waals surface area contributed by atoms with Gasteiger partial charge in [0, 0.05) is 25.1 Å². The van der Waals surface area contributed by atoms with Crippen molar-refractivity contribution in [2.75, 3.05) is 0 Å². The van der Waals surface area contributed by atoms with Gasteiger partial charge in [0.25, 0.3) is 17.5 Å². The second-order valence-electron chi connectivity index (χ2n) is 8.48. The zero-order valence-electron chi connectivity index (χ0n) is 19.9. The summed E-state index contributed by atoms with van der Waals surface area (Å²) in [6.45, 7) is 1.44. The van der Waals surface area contributed by atoms with Gasteiger partial charge >= 0.3 is 6.18 Å². The lowest BCUT2D eigenvalue weighted by Gasteiger charge is -2.18. The fraction of sp³-hybridized carbons (Fsp3) is 0.292. The molecule has 4 aromatic rings. The normalized spacial score (nSPS) is 12.7. The molecule has 1 N–H and O–H groups in total. The molecule has 0 aliphatic heterocycles. The Labute approximate surface area is 214 Å². The molecule has 0 saturated heterocycles. The molecule has 0 fully saturated rings. The van der Waals surface area contributed by atoms with E-state index in [0.717, 1.165) is 29.2 Å². The highest BCUT2D eigenvalue weighted by Gasteiger charge is 2.38. The Hall–Kier alpha value is -4.30. The minimum atomic E-state index is -4.97. The molecule has 3 heterocycles. The van der Waals surface area contributed by atoms with Crippen LogP contribution in [0.25, 0.3) is 22.2 Å². The van der Waals surface area contributed by atoms with E-state index in [4.69, 9.17) is 4.74 Å². The van der Waals surface area contributed by atoms with E-state index in [0.29, 0.717) is 0 Å². The summed E-state index contributed by atoms with van der Waals surface area (Å²) in [6, 6.07) is 2.47. The van der Waals surface area contributed by atoms with Gasteiger partial charge in [-0.25, -0.2) is 32.6 Å². The number of hydrogen-bond acceptors (Lipinski definition) is 6. The maximum atomic E-state index is 14.9.